The fraction of sp³-hybridized carbons (Fsp3) is 0.0286. The van der Waals surface area contributed by atoms with Crippen LogP contribution in [0.2, 0.25) is 0 Å². The number of methoxy groups -OCH3 is 1. The highest BCUT2D eigenvalue weighted by Crippen LogP contribution is 2.59. The zero-order valence-electron chi connectivity index (χ0n) is 60.9. The molecule has 3 aliphatic carbocycles. The normalized spacial score (nSPS) is 14.0. The molecule has 0 spiro atoms. The van der Waals surface area contributed by atoms with Crippen LogP contribution in [-0.2, 0) is 10.8 Å². The Labute approximate surface area is 652 Å². The first-order valence-corrected chi connectivity index (χ1v) is 38.2. The van der Waals surface area contributed by atoms with Crippen LogP contribution in [0.15, 0.2) is 417 Å². The van der Waals surface area contributed by atoms with Crippen LogP contribution in [-0.4, -0.2) is 23.1 Å². The Morgan fingerprint density at radius 2 is 0.649 bits per heavy atom. The van der Waals surface area contributed by atoms with Crippen LogP contribution < -0.4 is 9.64 Å². The number of rotatable bonds is 15. The predicted molar refractivity (Wildman–Crippen MR) is 464 cm³/mol. The van der Waals surface area contributed by atoms with E-state index in [0.29, 0.717) is 5.71 Å². The van der Waals surface area contributed by atoms with E-state index < -0.39 is 10.8 Å². The van der Waals surface area contributed by atoms with Crippen LogP contribution in [0.1, 0.15) is 50.1 Å². The number of nitrogens with zero attached hydrogens (tertiary/aromatic N) is 3. The molecule has 17 aromatic rings. The van der Waals surface area contributed by atoms with Crippen LogP contribution in [0, 0.1) is 5.41 Å². The molecular formula is C105H72N4OS. The highest BCUT2D eigenvalue weighted by Gasteiger charge is 2.48. The summed E-state index contributed by atoms with van der Waals surface area (Å²) < 4.78 is 12.4. The molecule has 0 radical (unpaired) electrons. The van der Waals surface area contributed by atoms with Gasteiger partial charge in [-0.05, 0) is 238 Å². The van der Waals surface area contributed by atoms with E-state index >= 15 is 0 Å². The molecule has 524 valence electrons. The number of fused-ring (bicyclic) bond motifs is 9. The average molecular weight is 1440 g/mol. The average Bonchev–Trinajstić information content (AvgIpc) is 1.55. The maximum absolute atomic E-state index is 9.89. The topological polar surface area (TPSA) is 53.6 Å². The third kappa shape index (κ3) is 10.9. The molecule has 1 aromatic heterocycles. The van der Waals surface area contributed by atoms with Gasteiger partial charge >= 0.3 is 0 Å². The fourth-order valence-corrected chi connectivity index (χ4v) is 18.3. The lowest BCUT2D eigenvalue weighted by molar-refractivity contribution is 0.415. The van der Waals surface area contributed by atoms with E-state index in [9.17, 15) is 5.41 Å². The molecule has 6 heteroatoms. The van der Waals surface area contributed by atoms with Gasteiger partial charge in [0.25, 0.3) is 0 Å². The molecule has 0 unspecified atom stereocenters. The lowest BCUT2D eigenvalue weighted by Gasteiger charge is -2.34. The Bertz CT molecular complexity index is 6210. The number of allylic oxidation sites excluding steroid dienone is 4. The van der Waals surface area contributed by atoms with Crippen LogP contribution in [0.5, 0.6) is 5.75 Å². The third-order valence-corrected chi connectivity index (χ3v) is 23.5. The first kappa shape index (κ1) is 66.5. The van der Waals surface area contributed by atoms with E-state index in [4.69, 9.17) is 4.74 Å². The molecule has 0 saturated carbocycles. The van der Waals surface area contributed by atoms with Gasteiger partial charge in [0.05, 0.1) is 40.4 Å². The molecule has 0 saturated heterocycles. The number of hydrogen-bond acceptors (Lipinski definition) is 5. The summed E-state index contributed by atoms with van der Waals surface area (Å²) in [5.41, 5.74) is 33.8. The van der Waals surface area contributed by atoms with Gasteiger partial charge < -0.3 is 14.2 Å². The van der Waals surface area contributed by atoms with Crippen molar-refractivity contribution in [2.24, 2.45) is 4.40 Å². The summed E-state index contributed by atoms with van der Waals surface area (Å²) in [5, 5.41) is 12.2. The zero-order chi connectivity index (χ0) is 74.2. The highest BCUT2D eigenvalue weighted by atomic mass is 32.1. The van der Waals surface area contributed by atoms with Gasteiger partial charge in [-0.3, -0.25) is 5.41 Å². The third-order valence-electron chi connectivity index (χ3n) is 23.3. The molecule has 0 bridgehead atoms. The van der Waals surface area contributed by atoms with E-state index in [-0.39, 0.29) is 5.71 Å². The molecule has 0 atom stereocenters. The quantitative estimate of drug-likeness (QED) is 0.0794. The Morgan fingerprint density at radius 3 is 1.07 bits per heavy atom. The molecule has 0 fully saturated rings. The first-order valence-electron chi connectivity index (χ1n) is 37.8. The van der Waals surface area contributed by atoms with E-state index in [1.165, 1.54) is 77.9 Å². The van der Waals surface area contributed by atoms with E-state index in [2.05, 4.69) is 397 Å². The molecule has 0 amide bonds. The Balaban J connectivity index is 0.670. The van der Waals surface area contributed by atoms with Gasteiger partial charge in [-0.1, -0.05) is 309 Å². The number of anilines is 2. The van der Waals surface area contributed by atoms with Crippen LogP contribution in [0.4, 0.5) is 11.4 Å². The number of aromatic nitrogens is 1. The minimum absolute atomic E-state index is 0.279. The van der Waals surface area contributed by atoms with Gasteiger partial charge in [0.15, 0.2) is 0 Å². The van der Waals surface area contributed by atoms with E-state index in [0.717, 1.165) is 106 Å². The second kappa shape index (κ2) is 27.4. The summed E-state index contributed by atoms with van der Waals surface area (Å²) >= 11 is 4.59. The zero-order valence-corrected chi connectivity index (χ0v) is 61.8. The van der Waals surface area contributed by atoms with Gasteiger partial charge in [0.2, 0.25) is 0 Å². The molecule has 111 heavy (non-hydrogen) atoms. The molecule has 16 aromatic carbocycles. The summed E-state index contributed by atoms with van der Waals surface area (Å²) in [5.74, 6) is 0.813. The second-order valence-corrected chi connectivity index (χ2v) is 29.2. The van der Waals surface area contributed by atoms with Crippen LogP contribution in [0.3, 0.4) is 0 Å². The highest BCUT2D eigenvalue weighted by molar-refractivity contribution is 7.79. The van der Waals surface area contributed by atoms with Crippen molar-refractivity contribution in [3.05, 3.63) is 462 Å². The fourth-order valence-electron chi connectivity index (χ4n) is 18.1. The van der Waals surface area contributed by atoms with Crippen molar-refractivity contribution in [1.82, 2.24) is 4.57 Å². The summed E-state index contributed by atoms with van der Waals surface area (Å²) in [4.78, 5) is 2.15. The number of para-hydroxylation sites is 1. The van der Waals surface area contributed by atoms with Crippen molar-refractivity contribution in [2.75, 3.05) is 12.0 Å². The summed E-state index contributed by atoms with van der Waals surface area (Å²) in [6.45, 7) is 0. The molecule has 0 aliphatic heterocycles. The minimum atomic E-state index is -0.493. The minimum Gasteiger partial charge on any atom is -0.497 e. The SMILES string of the molecule is COc1ccc(-c2ccc(N(C3=CC=C(c4ccc(-n5c6ccc(-c7ccc(-c8ccc9c(c8)C(c8ccccc8)(c8ccccc8)c8ccccc8-9)cc7)cc6c6cc(-c7ccc(-c8ccc9c(c8)C(c8ccccc8)(c8ccccc8)c8ccccc8-9)cc7)ccc65)cc4)C(=N)C3=NS)c3ccccc3)cc2)cc1. The van der Waals surface area contributed by atoms with Crippen molar-refractivity contribution in [1.29, 1.82) is 5.41 Å². The van der Waals surface area contributed by atoms with Crippen molar-refractivity contribution in [3.8, 4) is 89.3 Å². The largest absolute Gasteiger partial charge is 0.497 e. The summed E-state index contributed by atoms with van der Waals surface area (Å²) in [6.07, 6.45) is 4.10. The molecule has 1 N–H and O–H groups in total. The standard InChI is InChI=1S/C105H72N4OS/c1-110-87-57-47-70(48-58-87)69-43-53-85(54-44-69)108(84-29-15-6-16-30-84)101-64-61-88(102(106)103(101)107-111)75-45-55-86(56-46-75)109-99-62-51-76(71-35-39-73(40-36-71)78-49-59-91-89-31-17-19-33-95(89)104(97(91)67-78,80-21-7-2-8-22-80)81-23-9-3-10-24-81)65-93(99)94-66-77(52-63-100(94)109)72-37-41-74(42-38-72)79-50-60-92-90-32-18-20-34-96(90)105(98(92)68-79,82-25-11-4-12-26-82)83-27-13-5-14-28-83/h2-68,106,111H,1H3. The van der Waals surface area contributed by atoms with E-state index in [1.54, 1.807) is 7.11 Å². The predicted octanol–water partition coefficient (Wildman–Crippen LogP) is 26.3. The Morgan fingerprint density at radius 1 is 0.315 bits per heavy atom. The Kier molecular flexibility index (Phi) is 16.4. The molecular weight excluding hydrogens is 1370 g/mol. The number of hydrogen-bond donors (Lipinski definition) is 2. The molecule has 1 heterocycles. The van der Waals surface area contributed by atoms with Crippen molar-refractivity contribution < 1.29 is 4.74 Å². The maximum Gasteiger partial charge on any atom is 0.121 e. The molecule has 20 rings (SSSR count). The van der Waals surface area contributed by atoms with Crippen LogP contribution >= 0.6 is 12.8 Å². The van der Waals surface area contributed by atoms with Crippen molar-refractivity contribution in [3.63, 3.8) is 0 Å². The summed E-state index contributed by atoms with van der Waals surface area (Å²) in [7, 11) is 1.68. The van der Waals surface area contributed by atoms with Gasteiger partial charge in [-0.2, -0.15) is 0 Å². The Hall–Kier alpha value is -13.9. The number of nitrogens with one attached hydrogen (secondary N) is 1. The van der Waals surface area contributed by atoms with Gasteiger partial charge in [-0.15, -0.1) is 0 Å². The number of thiol groups is 1. The van der Waals surface area contributed by atoms with Crippen LogP contribution in [0.25, 0.3) is 111 Å². The second-order valence-electron chi connectivity index (χ2n) is 29.0. The van der Waals surface area contributed by atoms with Gasteiger partial charge in [0, 0.05) is 33.4 Å². The van der Waals surface area contributed by atoms with E-state index in [1.807, 2.05) is 36.4 Å². The first-order chi connectivity index (χ1) is 54.8. The van der Waals surface area contributed by atoms with Gasteiger partial charge in [0.1, 0.15) is 11.5 Å². The monoisotopic (exact) mass is 1440 g/mol. The van der Waals surface area contributed by atoms with Crippen molar-refractivity contribution >= 4 is 63.0 Å². The summed E-state index contributed by atoms with van der Waals surface area (Å²) in [6, 6.07) is 144. The lowest BCUT2D eigenvalue weighted by atomic mass is 9.67. The smallest absolute Gasteiger partial charge is 0.121 e. The number of benzene rings is 16. The van der Waals surface area contributed by atoms with Gasteiger partial charge in [-0.25, -0.2) is 4.40 Å². The lowest BCUT2D eigenvalue weighted by Crippen LogP contribution is -2.30. The molecule has 5 nitrogen and oxygen atoms in total. The number of ether oxygens (including phenoxy) is 1. The van der Waals surface area contributed by atoms with Crippen molar-refractivity contribution in [2.45, 2.75) is 10.8 Å². The molecule has 3 aliphatic rings. The maximum atomic E-state index is 9.89.